The van der Waals surface area contributed by atoms with Crippen LogP contribution in [0.5, 0.6) is 17.5 Å². The summed E-state index contributed by atoms with van der Waals surface area (Å²) >= 11 is 0. The van der Waals surface area contributed by atoms with Crippen LogP contribution in [0.4, 0.5) is 13.2 Å². The summed E-state index contributed by atoms with van der Waals surface area (Å²) in [7, 11) is 1.47. The number of benzene rings is 2. The second kappa shape index (κ2) is 9.35. The quantitative estimate of drug-likeness (QED) is 0.372. The van der Waals surface area contributed by atoms with Crippen LogP contribution in [0.15, 0.2) is 58.1 Å². The van der Waals surface area contributed by atoms with Gasteiger partial charge in [0, 0.05) is 19.7 Å². The molecule has 0 unspecified atom stereocenters. The number of aromatic nitrogens is 4. The fourth-order valence-corrected chi connectivity index (χ4v) is 4.20. The van der Waals surface area contributed by atoms with Gasteiger partial charge in [-0.1, -0.05) is 35.9 Å². The molecule has 0 aliphatic heterocycles. The number of aliphatic hydroxyl groups is 1. The van der Waals surface area contributed by atoms with Crippen LogP contribution < -0.4 is 20.7 Å². The van der Waals surface area contributed by atoms with E-state index in [-0.39, 0.29) is 42.4 Å². The molecule has 1 aliphatic rings. The molecule has 0 saturated heterocycles. The Labute approximate surface area is 214 Å². The number of nitrogens with zero attached hydrogens (tertiary/aromatic N) is 4. The average molecular weight is 531 g/mol. The number of hydrogen-bond acceptors (Lipinski definition) is 6. The molecule has 0 spiro atoms. The summed E-state index contributed by atoms with van der Waals surface area (Å²) in [6, 6.07) is 12.4. The van der Waals surface area contributed by atoms with E-state index < -0.39 is 29.0 Å². The third-order valence-electron chi connectivity index (χ3n) is 6.53. The van der Waals surface area contributed by atoms with Crippen LogP contribution in [0, 0.1) is 6.92 Å². The van der Waals surface area contributed by atoms with E-state index in [0.717, 1.165) is 27.8 Å². The molecule has 1 saturated carbocycles. The Morgan fingerprint density at radius 2 is 1.74 bits per heavy atom. The van der Waals surface area contributed by atoms with E-state index in [1.54, 1.807) is 0 Å². The molecule has 1 aliphatic carbocycles. The maximum atomic E-state index is 13.6. The lowest BCUT2D eigenvalue weighted by molar-refractivity contribution is -0.274. The van der Waals surface area contributed by atoms with Crippen molar-refractivity contribution in [1.29, 1.82) is 0 Å². The minimum atomic E-state index is -4.88. The highest BCUT2D eigenvalue weighted by Gasteiger charge is 2.40. The highest BCUT2D eigenvalue weighted by atomic mass is 19.4. The van der Waals surface area contributed by atoms with Gasteiger partial charge in [0.1, 0.15) is 11.5 Å². The van der Waals surface area contributed by atoms with Gasteiger partial charge in [0.2, 0.25) is 0 Å². The lowest BCUT2D eigenvalue weighted by Gasteiger charge is -2.13. The van der Waals surface area contributed by atoms with Crippen molar-refractivity contribution in [2.75, 3.05) is 0 Å². The SMILES string of the molecule is Cc1ccc(Cn2c(Oc3cccc(OC(F)(F)F)c3)nc3c2c(=O)n(CCC2(O)CC2)c(=O)n3C)cc1. The number of imidazole rings is 1. The second-order valence-electron chi connectivity index (χ2n) is 9.54. The van der Waals surface area contributed by atoms with E-state index >= 15 is 0 Å². The predicted octanol–water partition coefficient (Wildman–Crippen LogP) is 3.86. The van der Waals surface area contributed by atoms with Crippen molar-refractivity contribution in [2.45, 2.75) is 51.2 Å². The Kier molecular flexibility index (Phi) is 6.30. The molecular formula is C26H25F3N4O5. The Balaban J connectivity index is 1.62. The number of fused-ring (bicyclic) bond motifs is 1. The van der Waals surface area contributed by atoms with E-state index in [2.05, 4.69) is 9.72 Å². The molecule has 0 radical (unpaired) electrons. The molecule has 200 valence electrons. The summed E-state index contributed by atoms with van der Waals surface area (Å²) in [6.45, 7) is 2.10. The molecule has 2 aromatic carbocycles. The summed E-state index contributed by atoms with van der Waals surface area (Å²) in [5.74, 6) is -0.488. The van der Waals surface area contributed by atoms with E-state index in [4.69, 9.17) is 4.74 Å². The van der Waals surface area contributed by atoms with Crippen molar-refractivity contribution < 1.29 is 27.8 Å². The zero-order chi connectivity index (χ0) is 27.2. The standard InChI is InChI=1S/C26H25F3N4O5/c1-16-6-8-17(9-7-16)15-33-20-21(31(2)24(35)32(22(20)34)13-12-25(36)10-11-25)30-23(33)37-18-4-3-5-19(14-18)38-26(27,28)29/h3-9,14,36H,10-13,15H2,1-2H3. The Morgan fingerprint density at radius 1 is 1.05 bits per heavy atom. The molecule has 5 rings (SSSR count). The number of aryl methyl sites for hydroxylation is 2. The van der Waals surface area contributed by atoms with Crippen molar-refractivity contribution in [3.63, 3.8) is 0 Å². The minimum absolute atomic E-state index is 0.00602. The molecule has 2 heterocycles. The van der Waals surface area contributed by atoms with E-state index in [9.17, 15) is 27.9 Å². The first-order valence-electron chi connectivity index (χ1n) is 11.9. The summed E-state index contributed by atoms with van der Waals surface area (Å²) in [6.07, 6.45) is -3.39. The highest BCUT2D eigenvalue weighted by molar-refractivity contribution is 5.72. The molecule has 12 heteroatoms. The first-order valence-corrected chi connectivity index (χ1v) is 11.9. The molecule has 4 aromatic rings. The summed E-state index contributed by atoms with van der Waals surface area (Å²) in [5, 5.41) is 10.2. The van der Waals surface area contributed by atoms with Crippen molar-refractivity contribution in [2.24, 2.45) is 7.05 Å². The van der Waals surface area contributed by atoms with Crippen molar-refractivity contribution in [3.8, 4) is 17.5 Å². The van der Waals surface area contributed by atoms with Crippen LogP contribution in [-0.4, -0.2) is 35.8 Å². The first-order chi connectivity index (χ1) is 17.9. The molecule has 2 aromatic heterocycles. The van der Waals surface area contributed by atoms with Gasteiger partial charge in [-0.25, -0.2) is 4.79 Å². The molecule has 38 heavy (non-hydrogen) atoms. The Morgan fingerprint density at radius 3 is 2.39 bits per heavy atom. The predicted molar refractivity (Wildman–Crippen MR) is 132 cm³/mol. The maximum absolute atomic E-state index is 13.6. The van der Waals surface area contributed by atoms with Gasteiger partial charge in [0.15, 0.2) is 11.2 Å². The van der Waals surface area contributed by atoms with Gasteiger partial charge >= 0.3 is 18.1 Å². The summed E-state index contributed by atoms with van der Waals surface area (Å²) in [4.78, 5) is 31.0. The van der Waals surface area contributed by atoms with Crippen LogP contribution in [0.25, 0.3) is 11.2 Å². The lowest BCUT2D eigenvalue weighted by Crippen LogP contribution is -2.40. The molecule has 1 N–H and O–H groups in total. The fraction of sp³-hybridized carbons (Fsp3) is 0.346. The van der Waals surface area contributed by atoms with E-state index in [1.807, 2.05) is 31.2 Å². The third kappa shape index (κ3) is 5.30. The Hall–Kier alpha value is -4.06. The third-order valence-corrected chi connectivity index (χ3v) is 6.53. The van der Waals surface area contributed by atoms with E-state index in [1.165, 1.54) is 28.3 Å². The number of alkyl halides is 3. The molecule has 0 bridgehead atoms. The Bertz CT molecular complexity index is 1620. The van der Waals surface area contributed by atoms with Crippen LogP contribution in [0.2, 0.25) is 0 Å². The minimum Gasteiger partial charge on any atom is -0.425 e. The molecule has 0 amide bonds. The van der Waals surface area contributed by atoms with Crippen LogP contribution in [0.1, 0.15) is 30.4 Å². The largest absolute Gasteiger partial charge is 0.573 e. The van der Waals surface area contributed by atoms with Crippen LogP contribution in [0.3, 0.4) is 0 Å². The van der Waals surface area contributed by atoms with Gasteiger partial charge in [0.05, 0.1) is 12.1 Å². The second-order valence-corrected chi connectivity index (χ2v) is 9.54. The molecule has 9 nitrogen and oxygen atoms in total. The van der Waals surface area contributed by atoms with Crippen LogP contribution in [-0.2, 0) is 20.1 Å². The highest BCUT2D eigenvalue weighted by Crippen LogP contribution is 2.38. The molecule has 0 atom stereocenters. The van der Waals surface area contributed by atoms with E-state index in [0.29, 0.717) is 12.8 Å². The monoisotopic (exact) mass is 530 g/mol. The van der Waals surface area contributed by atoms with Crippen molar-refractivity contribution in [3.05, 3.63) is 80.5 Å². The fourth-order valence-electron chi connectivity index (χ4n) is 4.20. The summed E-state index contributed by atoms with van der Waals surface area (Å²) in [5.41, 5.74) is -0.0700. The van der Waals surface area contributed by atoms with Crippen molar-refractivity contribution >= 4 is 11.2 Å². The molecule has 1 fully saturated rings. The van der Waals surface area contributed by atoms with Gasteiger partial charge in [-0.2, -0.15) is 4.98 Å². The van der Waals surface area contributed by atoms with Gasteiger partial charge in [-0.05, 0) is 43.9 Å². The number of ether oxygens (including phenoxy) is 2. The topological polar surface area (TPSA) is 101 Å². The number of halogens is 3. The average Bonchev–Trinajstić information content (AvgIpc) is 3.48. The van der Waals surface area contributed by atoms with Gasteiger partial charge < -0.3 is 14.6 Å². The number of hydrogen-bond donors (Lipinski definition) is 1. The van der Waals surface area contributed by atoms with Gasteiger partial charge in [0.25, 0.3) is 5.56 Å². The smallest absolute Gasteiger partial charge is 0.425 e. The zero-order valence-corrected chi connectivity index (χ0v) is 20.7. The maximum Gasteiger partial charge on any atom is 0.573 e. The zero-order valence-electron chi connectivity index (χ0n) is 20.7. The first kappa shape index (κ1) is 25.6. The molecular weight excluding hydrogens is 505 g/mol. The van der Waals surface area contributed by atoms with Gasteiger partial charge in [-0.15, -0.1) is 13.2 Å². The van der Waals surface area contributed by atoms with Crippen LogP contribution >= 0.6 is 0 Å². The summed E-state index contributed by atoms with van der Waals surface area (Å²) < 4.78 is 51.8. The lowest BCUT2D eigenvalue weighted by atomic mass is 10.1. The van der Waals surface area contributed by atoms with Crippen molar-refractivity contribution in [1.82, 2.24) is 18.7 Å². The number of rotatable bonds is 8. The van der Waals surface area contributed by atoms with Gasteiger partial charge in [-0.3, -0.25) is 18.5 Å². The normalized spacial score (nSPS) is 14.6.